The van der Waals surface area contributed by atoms with E-state index in [0.717, 1.165) is 44.8 Å². The Kier molecular flexibility index (Phi) is 8.90. The van der Waals surface area contributed by atoms with Crippen LogP contribution in [0.25, 0.3) is 66.1 Å². The Balaban J connectivity index is 0.918. The molecule has 3 nitrogen and oxygen atoms in total. The predicted molar refractivity (Wildman–Crippen MR) is 251 cm³/mol. The predicted octanol–water partition coefficient (Wildman–Crippen LogP) is 15.6. The summed E-state index contributed by atoms with van der Waals surface area (Å²) in [6.45, 7) is 0. The Morgan fingerprint density at radius 2 is 0.783 bits per heavy atom. The summed E-state index contributed by atoms with van der Waals surface area (Å²) in [5.41, 5.74) is 15.0. The maximum absolute atomic E-state index is 6.46. The van der Waals surface area contributed by atoms with Gasteiger partial charge in [0.05, 0.1) is 5.69 Å². The Labute approximate surface area is 350 Å². The lowest BCUT2D eigenvalue weighted by Gasteiger charge is -2.26. The second kappa shape index (κ2) is 15.1. The SMILES string of the molecule is c1ccc(-c2ccc(N(c3ccc(-c4cccc(-c5ccccc5)c4)cc3)c3ccc4cc(-c5ccc6c7c(ccc6c5)NC(c5ccccc5)O7)ccc4c3)cc2)cc1. The zero-order chi connectivity index (χ0) is 39.8. The summed E-state index contributed by atoms with van der Waals surface area (Å²) in [7, 11) is 0. The quantitative estimate of drug-likeness (QED) is 0.167. The number of nitrogens with one attached hydrogen (secondary N) is 1. The van der Waals surface area contributed by atoms with Crippen LogP contribution < -0.4 is 15.0 Å². The molecule has 1 N–H and O–H groups in total. The van der Waals surface area contributed by atoms with Gasteiger partial charge in [-0.05, 0) is 127 Å². The van der Waals surface area contributed by atoms with E-state index < -0.39 is 0 Å². The number of rotatable bonds is 8. The van der Waals surface area contributed by atoms with E-state index in [0.29, 0.717) is 0 Å². The van der Waals surface area contributed by atoms with Crippen LogP contribution in [0.2, 0.25) is 0 Å². The van der Waals surface area contributed by atoms with Crippen molar-refractivity contribution in [2.24, 2.45) is 0 Å². The number of hydrogen-bond donors (Lipinski definition) is 1. The maximum Gasteiger partial charge on any atom is 0.196 e. The number of fused-ring (bicyclic) bond motifs is 4. The summed E-state index contributed by atoms with van der Waals surface area (Å²) in [5.74, 6) is 0.908. The fourth-order valence-electron chi connectivity index (χ4n) is 8.53. The van der Waals surface area contributed by atoms with Crippen molar-refractivity contribution >= 4 is 44.3 Å². The molecule has 10 aromatic rings. The molecule has 0 radical (unpaired) electrons. The van der Waals surface area contributed by atoms with Gasteiger partial charge in [0.25, 0.3) is 0 Å². The molecule has 0 amide bonds. The largest absolute Gasteiger partial charge is 0.464 e. The van der Waals surface area contributed by atoms with Gasteiger partial charge in [0.2, 0.25) is 0 Å². The van der Waals surface area contributed by atoms with Crippen molar-refractivity contribution in [3.05, 3.63) is 236 Å². The van der Waals surface area contributed by atoms with Crippen LogP contribution in [0, 0.1) is 0 Å². The molecule has 1 heterocycles. The molecule has 3 heteroatoms. The molecule has 0 spiro atoms. The topological polar surface area (TPSA) is 24.5 Å². The molecule has 1 atom stereocenters. The van der Waals surface area contributed by atoms with Gasteiger partial charge in [-0.15, -0.1) is 0 Å². The van der Waals surface area contributed by atoms with E-state index in [1.807, 2.05) is 18.2 Å². The van der Waals surface area contributed by atoms with Gasteiger partial charge in [-0.1, -0.05) is 164 Å². The van der Waals surface area contributed by atoms with E-state index >= 15 is 0 Å². The van der Waals surface area contributed by atoms with Crippen molar-refractivity contribution in [3.63, 3.8) is 0 Å². The molecular formula is C57H40N2O. The highest BCUT2D eigenvalue weighted by atomic mass is 16.5. The van der Waals surface area contributed by atoms with Crippen molar-refractivity contribution in [2.45, 2.75) is 6.23 Å². The van der Waals surface area contributed by atoms with E-state index in [4.69, 9.17) is 4.74 Å². The summed E-state index contributed by atoms with van der Waals surface area (Å²) >= 11 is 0. The first-order valence-electron chi connectivity index (χ1n) is 20.5. The van der Waals surface area contributed by atoms with Gasteiger partial charge in [-0.25, -0.2) is 0 Å². The third kappa shape index (κ3) is 6.72. The van der Waals surface area contributed by atoms with E-state index in [1.54, 1.807) is 0 Å². The second-order valence-electron chi connectivity index (χ2n) is 15.4. The lowest BCUT2D eigenvalue weighted by Crippen LogP contribution is -2.09. The monoisotopic (exact) mass is 768 g/mol. The van der Waals surface area contributed by atoms with E-state index in [1.165, 1.54) is 55.3 Å². The van der Waals surface area contributed by atoms with Gasteiger partial charge in [0.1, 0.15) is 0 Å². The number of anilines is 4. The van der Waals surface area contributed by atoms with Gasteiger partial charge < -0.3 is 15.0 Å². The molecule has 284 valence electrons. The Hall–Kier alpha value is -7.88. The number of hydrogen-bond acceptors (Lipinski definition) is 3. The lowest BCUT2D eigenvalue weighted by molar-refractivity contribution is 0.262. The molecule has 1 unspecified atom stereocenters. The first kappa shape index (κ1) is 35.3. The van der Waals surface area contributed by atoms with Crippen molar-refractivity contribution in [1.82, 2.24) is 0 Å². The van der Waals surface area contributed by atoms with Crippen LogP contribution in [0.4, 0.5) is 22.7 Å². The van der Waals surface area contributed by atoms with Gasteiger partial charge in [0, 0.05) is 28.0 Å². The average molecular weight is 769 g/mol. The smallest absolute Gasteiger partial charge is 0.196 e. The molecule has 1 aliphatic rings. The fraction of sp³-hybridized carbons (Fsp3) is 0.0175. The third-order valence-electron chi connectivity index (χ3n) is 11.7. The van der Waals surface area contributed by atoms with E-state index in [-0.39, 0.29) is 6.23 Å². The van der Waals surface area contributed by atoms with E-state index in [2.05, 4.69) is 223 Å². The first-order chi connectivity index (χ1) is 29.7. The molecule has 1 aliphatic heterocycles. The Morgan fingerprint density at radius 3 is 1.45 bits per heavy atom. The van der Waals surface area contributed by atoms with Crippen molar-refractivity contribution < 1.29 is 4.74 Å². The number of ether oxygens (including phenoxy) is 1. The fourth-order valence-corrected chi connectivity index (χ4v) is 8.53. The van der Waals surface area contributed by atoms with Gasteiger partial charge in [-0.3, -0.25) is 0 Å². The number of benzene rings is 10. The molecule has 0 saturated carbocycles. The minimum absolute atomic E-state index is 0.191. The summed E-state index contributed by atoms with van der Waals surface area (Å²) in [6, 6.07) is 82.6. The van der Waals surface area contributed by atoms with Gasteiger partial charge >= 0.3 is 0 Å². The minimum atomic E-state index is -0.191. The molecule has 0 aliphatic carbocycles. The van der Waals surface area contributed by atoms with Crippen LogP contribution in [-0.2, 0) is 0 Å². The summed E-state index contributed by atoms with van der Waals surface area (Å²) in [6.07, 6.45) is -0.191. The summed E-state index contributed by atoms with van der Waals surface area (Å²) in [4.78, 5) is 2.35. The van der Waals surface area contributed by atoms with Crippen LogP contribution in [0.3, 0.4) is 0 Å². The van der Waals surface area contributed by atoms with Crippen LogP contribution in [0.1, 0.15) is 11.8 Å². The standard InChI is InChI=1S/C57H40N2O/c1-4-11-39(12-5-1)41-21-28-51(29-22-41)59(52-30-23-42(24-31-52)45-18-10-17-44(35-45)40-13-6-2-7-14-40)53-32-25-47-36-46(19-20-49(47)38-53)48-26-33-54-50(37-48)27-34-55-56(54)60-57(58-55)43-15-8-3-9-16-43/h1-38,57-58H. The molecule has 11 rings (SSSR count). The zero-order valence-corrected chi connectivity index (χ0v) is 32.9. The third-order valence-corrected chi connectivity index (χ3v) is 11.7. The molecule has 0 bridgehead atoms. The average Bonchev–Trinajstić information content (AvgIpc) is 3.78. The number of nitrogens with zero attached hydrogens (tertiary/aromatic N) is 1. The molecule has 60 heavy (non-hydrogen) atoms. The van der Waals surface area contributed by atoms with Crippen molar-refractivity contribution in [3.8, 4) is 50.3 Å². The van der Waals surface area contributed by atoms with Crippen LogP contribution >= 0.6 is 0 Å². The van der Waals surface area contributed by atoms with Crippen molar-refractivity contribution in [2.75, 3.05) is 10.2 Å². The maximum atomic E-state index is 6.46. The Bertz CT molecular complexity index is 3130. The molecule has 0 aromatic heterocycles. The molecule has 0 saturated heterocycles. The highest BCUT2D eigenvalue weighted by Gasteiger charge is 2.25. The molecule has 0 fully saturated rings. The first-order valence-corrected chi connectivity index (χ1v) is 20.5. The van der Waals surface area contributed by atoms with Gasteiger partial charge in [0.15, 0.2) is 12.0 Å². The lowest BCUT2D eigenvalue weighted by atomic mass is 9.97. The molecule has 10 aromatic carbocycles. The summed E-state index contributed by atoms with van der Waals surface area (Å²) < 4.78 is 6.46. The minimum Gasteiger partial charge on any atom is -0.464 e. The van der Waals surface area contributed by atoms with E-state index in [9.17, 15) is 0 Å². The van der Waals surface area contributed by atoms with Crippen LogP contribution in [0.5, 0.6) is 5.75 Å². The van der Waals surface area contributed by atoms with Crippen LogP contribution in [0.15, 0.2) is 231 Å². The highest BCUT2D eigenvalue weighted by molar-refractivity contribution is 5.98. The molecular weight excluding hydrogens is 729 g/mol. The second-order valence-corrected chi connectivity index (χ2v) is 15.4. The van der Waals surface area contributed by atoms with Crippen molar-refractivity contribution in [1.29, 1.82) is 0 Å². The summed E-state index contributed by atoms with van der Waals surface area (Å²) in [5, 5.41) is 8.18. The highest BCUT2D eigenvalue weighted by Crippen LogP contribution is 2.44. The normalized spacial score (nSPS) is 13.1. The van der Waals surface area contributed by atoms with Gasteiger partial charge in [-0.2, -0.15) is 0 Å². The van der Waals surface area contributed by atoms with Crippen LogP contribution in [-0.4, -0.2) is 0 Å². The zero-order valence-electron chi connectivity index (χ0n) is 32.9. The Morgan fingerprint density at radius 1 is 0.333 bits per heavy atom.